The highest BCUT2D eigenvalue weighted by atomic mass is 35.5. The number of nitrogens with one attached hydrogen (secondary N) is 1. The Labute approximate surface area is 115 Å². The van der Waals surface area contributed by atoms with Gasteiger partial charge in [0.1, 0.15) is 10.7 Å². The minimum atomic E-state index is -3.87. The second-order valence-corrected chi connectivity index (χ2v) is 6.03. The average Bonchev–Trinajstić information content (AvgIpc) is 2.64. The molecule has 1 aromatic heterocycles. The number of anilines is 1. The van der Waals surface area contributed by atoms with E-state index in [4.69, 9.17) is 11.6 Å². The van der Waals surface area contributed by atoms with Gasteiger partial charge < -0.3 is 0 Å². The van der Waals surface area contributed by atoms with Crippen LogP contribution < -0.4 is 4.72 Å². The molecule has 2 rings (SSSR count). The van der Waals surface area contributed by atoms with Gasteiger partial charge in [-0.3, -0.25) is 9.40 Å². The smallest absolute Gasteiger partial charge is 0.265 e. The molecular weight excluding hydrogens is 293 g/mol. The van der Waals surface area contributed by atoms with Gasteiger partial charge >= 0.3 is 0 Å². The second kappa shape index (κ2) is 4.82. The van der Waals surface area contributed by atoms with Crippen molar-refractivity contribution in [1.82, 2.24) is 9.78 Å². The third-order valence-electron chi connectivity index (χ3n) is 2.66. The van der Waals surface area contributed by atoms with Gasteiger partial charge in [0.05, 0.1) is 17.6 Å². The van der Waals surface area contributed by atoms with Gasteiger partial charge in [0, 0.05) is 12.1 Å². The van der Waals surface area contributed by atoms with E-state index in [9.17, 15) is 12.8 Å². The lowest BCUT2D eigenvalue weighted by Gasteiger charge is -2.08. The van der Waals surface area contributed by atoms with Crippen LogP contribution in [0.4, 0.5) is 10.1 Å². The molecule has 0 aliphatic rings. The SMILES string of the molecule is Cc1c(S(=O)(=O)Nc2ccc(Cl)cc2F)cnn1C. The number of hydrogen-bond donors (Lipinski definition) is 1. The van der Waals surface area contributed by atoms with E-state index < -0.39 is 15.8 Å². The molecule has 5 nitrogen and oxygen atoms in total. The summed E-state index contributed by atoms with van der Waals surface area (Å²) in [7, 11) is -2.25. The zero-order chi connectivity index (χ0) is 14.2. The number of benzene rings is 1. The predicted octanol–water partition coefficient (Wildman–Crippen LogP) is 2.32. The summed E-state index contributed by atoms with van der Waals surface area (Å²) in [6.45, 7) is 1.61. The van der Waals surface area contributed by atoms with Crippen molar-refractivity contribution in [3.8, 4) is 0 Å². The van der Waals surface area contributed by atoms with E-state index in [1.165, 1.54) is 23.0 Å². The predicted molar refractivity (Wildman–Crippen MR) is 70.2 cm³/mol. The van der Waals surface area contributed by atoms with Crippen molar-refractivity contribution in [2.45, 2.75) is 11.8 Å². The normalized spacial score (nSPS) is 11.6. The number of hydrogen-bond acceptors (Lipinski definition) is 3. The Morgan fingerprint density at radius 3 is 2.63 bits per heavy atom. The molecule has 0 atom stereocenters. The van der Waals surface area contributed by atoms with Crippen LogP contribution in [-0.2, 0) is 17.1 Å². The first-order valence-corrected chi connectivity index (χ1v) is 7.14. The lowest BCUT2D eigenvalue weighted by molar-refractivity contribution is 0.597. The molecule has 8 heteroatoms. The van der Waals surface area contributed by atoms with Crippen LogP contribution in [0.3, 0.4) is 0 Å². The molecule has 2 aromatic rings. The maximum atomic E-state index is 13.6. The fourth-order valence-corrected chi connectivity index (χ4v) is 2.95. The highest BCUT2D eigenvalue weighted by molar-refractivity contribution is 7.92. The molecule has 0 fully saturated rings. The number of sulfonamides is 1. The van der Waals surface area contributed by atoms with E-state index in [2.05, 4.69) is 9.82 Å². The molecule has 1 heterocycles. The zero-order valence-corrected chi connectivity index (χ0v) is 11.8. The summed E-state index contributed by atoms with van der Waals surface area (Å²) in [5.41, 5.74) is 0.300. The van der Waals surface area contributed by atoms with E-state index in [-0.39, 0.29) is 15.6 Å². The molecule has 0 radical (unpaired) electrons. The molecule has 19 heavy (non-hydrogen) atoms. The van der Waals surface area contributed by atoms with Crippen molar-refractivity contribution in [2.75, 3.05) is 4.72 Å². The Bertz CT molecular complexity index is 728. The van der Waals surface area contributed by atoms with Crippen LogP contribution in [0.25, 0.3) is 0 Å². The Morgan fingerprint density at radius 2 is 2.11 bits per heavy atom. The number of halogens is 2. The third-order valence-corrected chi connectivity index (χ3v) is 4.36. The van der Waals surface area contributed by atoms with Gasteiger partial charge in [0.25, 0.3) is 10.0 Å². The summed E-state index contributed by atoms with van der Waals surface area (Å²) < 4.78 is 41.4. The lowest BCUT2D eigenvalue weighted by atomic mass is 10.3. The first-order chi connectivity index (χ1) is 8.81. The van der Waals surface area contributed by atoms with Crippen molar-refractivity contribution >= 4 is 27.3 Å². The first kappa shape index (κ1) is 13.8. The third kappa shape index (κ3) is 2.71. The quantitative estimate of drug-likeness (QED) is 0.946. The molecule has 1 aromatic carbocycles. The second-order valence-electron chi connectivity index (χ2n) is 3.95. The molecule has 0 aliphatic heterocycles. The van der Waals surface area contributed by atoms with Gasteiger partial charge in [-0.25, -0.2) is 12.8 Å². The molecular formula is C11H11ClFN3O2S. The number of rotatable bonds is 3. The van der Waals surface area contributed by atoms with E-state index >= 15 is 0 Å². The number of nitrogens with zero attached hydrogens (tertiary/aromatic N) is 2. The summed E-state index contributed by atoms with van der Waals surface area (Å²) in [4.78, 5) is 0.00403. The maximum Gasteiger partial charge on any atom is 0.265 e. The lowest BCUT2D eigenvalue weighted by Crippen LogP contribution is -2.14. The molecule has 0 bridgehead atoms. The monoisotopic (exact) mass is 303 g/mol. The topological polar surface area (TPSA) is 64.0 Å². The highest BCUT2D eigenvalue weighted by Gasteiger charge is 2.21. The Hall–Kier alpha value is -1.60. The summed E-state index contributed by atoms with van der Waals surface area (Å²) in [6.07, 6.45) is 1.21. The van der Waals surface area contributed by atoms with Gasteiger partial charge in [-0.15, -0.1) is 0 Å². The van der Waals surface area contributed by atoms with Crippen molar-refractivity contribution in [1.29, 1.82) is 0 Å². The summed E-state index contributed by atoms with van der Waals surface area (Å²) in [5, 5.41) is 4.04. The fourth-order valence-electron chi connectivity index (χ4n) is 1.51. The largest absolute Gasteiger partial charge is 0.277 e. The number of aromatic nitrogens is 2. The zero-order valence-electron chi connectivity index (χ0n) is 10.2. The van der Waals surface area contributed by atoms with Crippen molar-refractivity contribution in [3.05, 3.63) is 40.9 Å². The molecule has 0 spiro atoms. The Kier molecular flexibility index (Phi) is 3.51. The minimum Gasteiger partial charge on any atom is -0.277 e. The van der Waals surface area contributed by atoms with Crippen molar-refractivity contribution in [2.24, 2.45) is 7.05 Å². The summed E-state index contributed by atoms with van der Waals surface area (Å²) >= 11 is 5.60. The Morgan fingerprint density at radius 1 is 1.42 bits per heavy atom. The van der Waals surface area contributed by atoms with Gasteiger partial charge in [-0.2, -0.15) is 5.10 Å². The first-order valence-electron chi connectivity index (χ1n) is 5.28. The van der Waals surface area contributed by atoms with Crippen LogP contribution in [0, 0.1) is 12.7 Å². The molecule has 0 unspecified atom stereocenters. The molecule has 0 amide bonds. The summed E-state index contributed by atoms with van der Waals surface area (Å²) in [6, 6.07) is 3.70. The van der Waals surface area contributed by atoms with E-state index in [0.717, 1.165) is 6.07 Å². The van der Waals surface area contributed by atoms with E-state index in [1.807, 2.05) is 0 Å². The fraction of sp³-hybridized carbons (Fsp3) is 0.182. The van der Waals surface area contributed by atoms with Crippen LogP contribution in [-0.4, -0.2) is 18.2 Å². The molecule has 1 N–H and O–H groups in total. The highest BCUT2D eigenvalue weighted by Crippen LogP contribution is 2.23. The van der Waals surface area contributed by atoms with Crippen LogP contribution in [0.15, 0.2) is 29.3 Å². The molecule has 0 saturated carbocycles. The molecule has 102 valence electrons. The van der Waals surface area contributed by atoms with Crippen LogP contribution >= 0.6 is 11.6 Å². The van der Waals surface area contributed by atoms with Crippen molar-refractivity contribution < 1.29 is 12.8 Å². The van der Waals surface area contributed by atoms with Crippen LogP contribution in [0.1, 0.15) is 5.69 Å². The standard InChI is InChI=1S/C11H11ClFN3O2S/c1-7-11(6-14-16(7)2)19(17,18)15-10-4-3-8(12)5-9(10)13/h3-6,15H,1-2H3. The minimum absolute atomic E-state index is 0.00403. The summed E-state index contributed by atoms with van der Waals surface area (Å²) in [5.74, 6) is -0.738. The van der Waals surface area contributed by atoms with E-state index in [0.29, 0.717) is 5.69 Å². The average molecular weight is 304 g/mol. The van der Waals surface area contributed by atoms with Gasteiger partial charge in [-0.05, 0) is 25.1 Å². The van der Waals surface area contributed by atoms with Crippen LogP contribution in [0.2, 0.25) is 5.02 Å². The Balaban J connectivity index is 2.39. The number of aryl methyl sites for hydroxylation is 1. The molecule has 0 aliphatic carbocycles. The maximum absolute atomic E-state index is 13.6. The van der Waals surface area contributed by atoms with Gasteiger partial charge in [-0.1, -0.05) is 11.6 Å². The van der Waals surface area contributed by atoms with E-state index in [1.54, 1.807) is 14.0 Å². The van der Waals surface area contributed by atoms with Crippen LogP contribution in [0.5, 0.6) is 0 Å². The van der Waals surface area contributed by atoms with Gasteiger partial charge in [0.15, 0.2) is 0 Å². The van der Waals surface area contributed by atoms with Crippen molar-refractivity contribution in [3.63, 3.8) is 0 Å². The van der Waals surface area contributed by atoms with Gasteiger partial charge in [0.2, 0.25) is 0 Å². The molecule has 0 saturated heterocycles.